The zero-order valence-corrected chi connectivity index (χ0v) is 23.4. The second-order valence-electron chi connectivity index (χ2n) is 9.77. The largest absolute Gasteiger partial charge is 0.460 e. The van der Waals surface area contributed by atoms with E-state index in [0.29, 0.717) is 12.8 Å². The fraction of sp³-hybridized carbons (Fsp3) is 1.00. The van der Waals surface area contributed by atoms with Gasteiger partial charge in [0.1, 0.15) is 0 Å². The van der Waals surface area contributed by atoms with Crippen LogP contribution in [0.25, 0.3) is 0 Å². The van der Waals surface area contributed by atoms with Gasteiger partial charge in [0, 0.05) is 11.8 Å². The van der Waals surface area contributed by atoms with Gasteiger partial charge in [0.05, 0.1) is 0 Å². The van der Waals surface area contributed by atoms with Crippen molar-refractivity contribution in [1.29, 1.82) is 0 Å². The fourth-order valence-electron chi connectivity index (χ4n) is 3.60. The highest BCUT2D eigenvalue weighted by atomic mass is 79.9. The van der Waals surface area contributed by atoms with E-state index in [1.165, 1.54) is 0 Å². The van der Waals surface area contributed by atoms with E-state index in [2.05, 4.69) is 15.9 Å². The first-order chi connectivity index (χ1) is 19.3. The molecule has 22 heteroatoms. The Morgan fingerprint density at radius 2 is 0.500 bits per heavy atom. The predicted octanol–water partition coefficient (Wildman–Crippen LogP) is 12.0. The molecular weight excluding hydrogens is 743 g/mol. The molecule has 0 saturated carbocycles. The van der Waals surface area contributed by atoms with E-state index in [-0.39, 0.29) is 12.8 Å². The molecule has 0 fully saturated rings. The van der Waals surface area contributed by atoms with Crippen molar-refractivity contribution in [2.45, 2.75) is 130 Å². The molecular formula is C22H24BrF21. The Balaban J connectivity index is 5.96. The molecule has 0 aromatic rings. The molecule has 0 amide bonds. The van der Waals surface area contributed by atoms with Crippen LogP contribution in [0.15, 0.2) is 0 Å². The van der Waals surface area contributed by atoms with Gasteiger partial charge in [0.25, 0.3) is 0 Å². The molecule has 0 bridgehead atoms. The second-order valence-corrected chi connectivity index (χ2v) is 10.6. The van der Waals surface area contributed by atoms with E-state index in [0.717, 1.165) is 31.0 Å². The minimum absolute atomic E-state index is 0.0221. The minimum atomic E-state index is -9.13. The van der Waals surface area contributed by atoms with Gasteiger partial charge in [-0.15, -0.1) is 0 Å². The molecule has 0 unspecified atom stereocenters. The Morgan fingerprint density at radius 1 is 0.273 bits per heavy atom. The molecule has 0 aliphatic heterocycles. The highest BCUT2D eigenvalue weighted by Gasteiger charge is 2.97. The van der Waals surface area contributed by atoms with Gasteiger partial charge >= 0.3 is 59.5 Å². The summed E-state index contributed by atoms with van der Waals surface area (Å²) < 4.78 is 281. The van der Waals surface area contributed by atoms with Gasteiger partial charge in [-0.25, -0.2) is 0 Å². The van der Waals surface area contributed by atoms with Crippen LogP contribution in [0.5, 0.6) is 0 Å². The summed E-state index contributed by atoms with van der Waals surface area (Å²) in [5, 5.41) is 0.775. The third kappa shape index (κ3) is 7.43. The smallest absolute Gasteiger partial charge is 0.200 e. The topological polar surface area (TPSA) is 0 Å². The van der Waals surface area contributed by atoms with E-state index in [9.17, 15) is 92.2 Å². The SMILES string of the molecule is FC(F)(F)C(F)(F)C(F)(F)C(F)(F)C(F)(F)C(F)(F)C(F)(F)C(F)(F)C(F)(F)C(F)(F)CCCCCCCCCCCCBr. The molecule has 0 N–H and O–H groups in total. The first-order valence-electron chi connectivity index (χ1n) is 12.3. The number of alkyl halides is 22. The van der Waals surface area contributed by atoms with Gasteiger partial charge in [-0.2, -0.15) is 92.2 Å². The Morgan fingerprint density at radius 3 is 0.773 bits per heavy atom. The van der Waals surface area contributed by atoms with Crippen molar-refractivity contribution in [2.75, 3.05) is 5.33 Å². The van der Waals surface area contributed by atoms with E-state index in [4.69, 9.17) is 0 Å². The Bertz CT molecular complexity index is 893. The first kappa shape index (κ1) is 43.0. The lowest BCUT2D eigenvalue weighted by Gasteiger charge is -2.44. The zero-order valence-electron chi connectivity index (χ0n) is 21.8. The average Bonchev–Trinajstić information content (AvgIpc) is 2.85. The number of unbranched alkanes of at least 4 members (excludes halogenated alkanes) is 9. The molecule has 266 valence electrons. The van der Waals surface area contributed by atoms with Crippen LogP contribution in [-0.4, -0.2) is 64.8 Å². The number of hydrogen-bond acceptors (Lipinski definition) is 0. The predicted molar refractivity (Wildman–Crippen MR) is 115 cm³/mol. The van der Waals surface area contributed by atoms with Crippen molar-refractivity contribution >= 4 is 15.9 Å². The van der Waals surface area contributed by atoms with E-state index in [1.807, 2.05) is 0 Å². The normalized spacial score (nSPS) is 15.7. The van der Waals surface area contributed by atoms with E-state index in [1.54, 1.807) is 0 Å². The molecule has 0 atom stereocenters. The van der Waals surface area contributed by atoms with Crippen LogP contribution in [0.3, 0.4) is 0 Å². The van der Waals surface area contributed by atoms with Crippen molar-refractivity contribution in [3.05, 3.63) is 0 Å². The summed E-state index contributed by atoms with van der Waals surface area (Å²) in [6, 6.07) is 0. The molecule has 44 heavy (non-hydrogen) atoms. The summed E-state index contributed by atoms with van der Waals surface area (Å²) >= 11 is 3.21. The van der Waals surface area contributed by atoms with Gasteiger partial charge in [-0.3, -0.25) is 0 Å². The standard InChI is InChI=1S/C22H24BrF21/c23-12-10-8-6-4-2-1-3-5-7-9-11-13(24,25)14(26,27)15(28,29)16(30,31)17(32,33)18(34,35)19(36,37)20(38,39)21(40,41)22(42,43)44/h1-12H2. The molecule has 0 aromatic carbocycles. The van der Waals surface area contributed by atoms with Gasteiger partial charge < -0.3 is 0 Å². The molecule has 0 rings (SSSR count). The summed E-state index contributed by atoms with van der Waals surface area (Å²) in [5.74, 6) is -76.3. The lowest BCUT2D eigenvalue weighted by molar-refractivity contribution is -0.474. The van der Waals surface area contributed by atoms with Crippen LogP contribution in [0.2, 0.25) is 0 Å². The third-order valence-corrected chi connectivity index (χ3v) is 7.01. The minimum Gasteiger partial charge on any atom is -0.200 e. The van der Waals surface area contributed by atoms with Crippen LogP contribution in [0.4, 0.5) is 92.2 Å². The fourth-order valence-corrected chi connectivity index (χ4v) is 4.00. The molecule has 0 aromatic heterocycles. The highest BCUT2D eigenvalue weighted by molar-refractivity contribution is 9.09. The third-order valence-electron chi connectivity index (χ3n) is 6.45. The van der Waals surface area contributed by atoms with Crippen molar-refractivity contribution in [3.8, 4) is 0 Å². The molecule has 0 aliphatic rings. The van der Waals surface area contributed by atoms with Crippen LogP contribution in [0, 0.1) is 0 Å². The van der Waals surface area contributed by atoms with E-state index < -0.39 is 78.7 Å². The Labute approximate surface area is 244 Å². The Kier molecular flexibility index (Phi) is 13.7. The maximum absolute atomic E-state index is 13.9. The summed E-state index contributed by atoms with van der Waals surface area (Å²) in [7, 11) is 0. The van der Waals surface area contributed by atoms with Gasteiger partial charge in [-0.05, 0) is 12.8 Å². The molecule has 0 heterocycles. The molecule has 0 spiro atoms. The van der Waals surface area contributed by atoms with Crippen molar-refractivity contribution in [1.82, 2.24) is 0 Å². The monoisotopic (exact) mass is 766 g/mol. The number of rotatable bonds is 20. The lowest BCUT2D eigenvalue weighted by atomic mass is 9.85. The average molecular weight is 767 g/mol. The highest BCUT2D eigenvalue weighted by Crippen LogP contribution is 2.66. The van der Waals surface area contributed by atoms with E-state index >= 15 is 0 Å². The maximum atomic E-state index is 13.9. The lowest BCUT2D eigenvalue weighted by Crippen LogP contribution is -2.76. The summed E-state index contributed by atoms with van der Waals surface area (Å²) in [4.78, 5) is 0. The van der Waals surface area contributed by atoms with Crippen LogP contribution in [-0.2, 0) is 0 Å². The van der Waals surface area contributed by atoms with Crippen LogP contribution in [0.1, 0.15) is 70.6 Å². The first-order valence-corrected chi connectivity index (χ1v) is 13.5. The zero-order chi connectivity index (χ0) is 35.5. The van der Waals surface area contributed by atoms with Crippen LogP contribution >= 0.6 is 15.9 Å². The molecule has 0 aliphatic carbocycles. The van der Waals surface area contributed by atoms with Crippen molar-refractivity contribution in [3.63, 3.8) is 0 Å². The Hall–Kier alpha value is -0.990. The summed E-state index contributed by atoms with van der Waals surface area (Å²) in [5.41, 5.74) is 0. The molecule has 0 radical (unpaired) electrons. The molecule has 0 nitrogen and oxygen atoms in total. The van der Waals surface area contributed by atoms with Crippen molar-refractivity contribution < 1.29 is 92.2 Å². The number of hydrogen-bond donors (Lipinski definition) is 0. The second kappa shape index (κ2) is 14.0. The summed E-state index contributed by atoms with van der Waals surface area (Å²) in [6.45, 7) is 0. The maximum Gasteiger partial charge on any atom is 0.460 e. The van der Waals surface area contributed by atoms with Gasteiger partial charge in [-0.1, -0.05) is 67.3 Å². The molecule has 0 saturated heterocycles. The van der Waals surface area contributed by atoms with Gasteiger partial charge in [0.15, 0.2) is 0 Å². The van der Waals surface area contributed by atoms with Crippen molar-refractivity contribution in [2.24, 2.45) is 0 Å². The quantitative estimate of drug-likeness (QED) is 0.0658. The number of halogens is 22. The summed E-state index contributed by atoms with van der Waals surface area (Å²) in [6.07, 6.45) is -7.37. The van der Waals surface area contributed by atoms with Crippen LogP contribution < -0.4 is 0 Å². The van der Waals surface area contributed by atoms with Gasteiger partial charge in [0.2, 0.25) is 0 Å².